The minimum atomic E-state index is 0.0645. The lowest BCUT2D eigenvalue weighted by atomic mass is 9.91. The van der Waals surface area contributed by atoms with Crippen molar-refractivity contribution in [2.45, 2.75) is 12.8 Å². The molecule has 124 valence electrons. The van der Waals surface area contributed by atoms with E-state index in [-0.39, 0.29) is 5.92 Å². The number of benzene rings is 2. The number of hydrogen-bond acceptors (Lipinski definition) is 5. The smallest absolute Gasteiger partial charge is 0.203 e. The first-order valence-corrected chi connectivity index (χ1v) is 7.29. The number of nitrogen functional groups attached to an aromatic ring is 1. The van der Waals surface area contributed by atoms with Gasteiger partial charge < -0.3 is 24.7 Å². The Morgan fingerprint density at radius 1 is 0.826 bits per heavy atom. The van der Waals surface area contributed by atoms with Gasteiger partial charge >= 0.3 is 0 Å². The Morgan fingerprint density at radius 2 is 1.43 bits per heavy atom. The maximum Gasteiger partial charge on any atom is 0.203 e. The predicted octanol–water partition coefficient (Wildman–Crippen LogP) is 3.46. The van der Waals surface area contributed by atoms with Gasteiger partial charge in [-0.1, -0.05) is 13.0 Å². The summed E-state index contributed by atoms with van der Waals surface area (Å²) in [7, 11) is 6.42. The third kappa shape index (κ3) is 3.28. The highest BCUT2D eigenvalue weighted by atomic mass is 16.5. The molecule has 1 atom stereocenters. The topological polar surface area (TPSA) is 62.9 Å². The molecule has 0 aliphatic rings. The molecule has 0 amide bonds. The standard InChI is InChI=1S/C18H23NO4/c1-11(14-7-6-13(20-2)10-15(14)19)12-8-16(21-3)18(23-5)17(9-12)22-4/h6-11H,19H2,1-5H3. The second kappa shape index (κ2) is 7.13. The van der Waals surface area contributed by atoms with Crippen molar-refractivity contribution in [3.8, 4) is 23.0 Å². The van der Waals surface area contributed by atoms with Crippen molar-refractivity contribution in [3.05, 3.63) is 41.5 Å². The summed E-state index contributed by atoms with van der Waals surface area (Å²) in [5.74, 6) is 2.63. The summed E-state index contributed by atoms with van der Waals surface area (Å²) >= 11 is 0. The Balaban J connectivity index is 2.48. The zero-order chi connectivity index (χ0) is 17.0. The van der Waals surface area contributed by atoms with E-state index in [2.05, 4.69) is 6.92 Å². The Labute approximate surface area is 136 Å². The van der Waals surface area contributed by atoms with E-state index in [9.17, 15) is 0 Å². The fourth-order valence-electron chi connectivity index (χ4n) is 2.61. The third-order valence-corrected chi connectivity index (χ3v) is 3.95. The monoisotopic (exact) mass is 317 g/mol. The van der Waals surface area contributed by atoms with E-state index < -0.39 is 0 Å². The number of ether oxygens (including phenoxy) is 4. The molecule has 0 aromatic heterocycles. The molecule has 2 rings (SSSR count). The molecule has 23 heavy (non-hydrogen) atoms. The molecule has 5 heteroatoms. The van der Waals surface area contributed by atoms with Crippen LogP contribution in [0.15, 0.2) is 30.3 Å². The molecule has 0 spiro atoms. The zero-order valence-electron chi connectivity index (χ0n) is 14.2. The SMILES string of the molecule is COc1ccc(C(C)c2cc(OC)c(OC)c(OC)c2)c(N)c1. The van der Waals surface area contributed by atoms with Gasteiger partial charge in [0.05, 0.1) is 28.4 Å². The highest BCUT2D eigenvalue weighted by Crippen LogP contribution is 2.42. The zero-order valence-corrected chi connectivity index (χ0v) is 14.2. The molecule has 0 aliphatic heterocycles. The molecule has 0 heterocycles. The van der Waals surface area contributed by atoms with Gasteiger partial charge in [-0.05, 0) is 29.3 Å². The molecular weight excluding hydrogens is 294 g/mol. The summed E-state index contributed by atoms with van der Waals surface area (Å²) in [5, 5.41) is 0. The first-order chi connectivity index (χ1) is 11.0. The van der Waals surface area contributed by atoms with Crippen LogP contribution in [0.2, 0.25) is 0 Å². The van der Waals surface area contributed by atoms with Crippen LogP contribution in [0.3, 0.4) is 0 Å². The number of rotatable bonds is 6. The number of anilines is 1. The quantitative estimate of drug-likeness (QED) is 0.827. The van der Waals surface area contributed by atoms with Gasteiger partial charge in [0.15, 0.2) is 11.5 Å². The van der Waals surface area contributed by atoms with Crippen molar-refractivity contribution in [3.63, 3.8) is 0 Å². The van der Waals surface area contributed by atoms with Crippen LogP contribution in [-0.4, -0.2) is 28.4 Å². The third-order valence-electron chi connectivity index (χ3n) is 3.95. The summed E-state index contributed by atoms with van der Waals surface area (Å²) < 4.78 is 21.4. The normalized spacial score (nSPS) is 11.7. The van der Waals surface area contributed by atoms with E-state index in [1.54, 1.807) is 28.4 Å². The van der Waals surface area contributed by atoms with E-state index in [0.29, 0.717) is 22.9 Å². The fourth-order valence-corrected chi connectivity index (χ4v) is 2.61. The molecule has 0 fully saturated rings. The van der Waals surface area contributed by atoms with Gasteiger partial charge in [-0.25, -0.2) is 0 Å². The lowest BCUT2D eigenvalue weighted by molar-refractivity contribution is 0.323. The molecule has 1 unspecified atom stereocenters. The van der Waals surface area contributed by atoms with Crippen molar-refractivity contribution in [2.75, 3.05) is 34.2 Å². The molecule has 0 bridgehead atoms. The van der Waals surface area contributed by atoms with Crippen molar-refractivity contribution in [1.29, 1.82) is 0 Å². The van der Waals surface area contributed by atoms with Gasteiger partial charge in [0, 0.05) is 17.7 Å². The average Bonchev–Trinajstić information content (AvgIpc) is 2.59. The number of methoxy groups -OCH3 is 4. The van der Waals surface area contributed by atoms with E-state index in [0.717, 1.165) is 16.9 Å². The number of nitrogens with two attached hydrogens (primary N) is 1. The highest BCUT2D eigenvalue weighted by molar-refractivity contribution is 5.59. The van der Waals surface area contributed by atoms with E-state index in [4.69, 9.17) is 24.7 Å². The first-order valence-electron chi connectivity index (χ1n) is 7.29. The molecule has 0 radical (unpaired) electrons. The van der Waals surface area contributed by atoms with Crippen LogP contribution in [0, 0.1) is 0 Å². The van der Waals surface area contributed by atoms with Crippen molar-refractivity contribution < 1.29 is 18.9 Å². The molecule has 2 aromatic carbocycles. The van der Waals surface area contributed by atoms with Crippen LogP contribution < -0.4 is 24.7 Å². The molecule has 2 aromatic rings. The van der Waals surface area contributed by atoms with Gasteiger partial charge in [-0.2, -0.15) is 0 Å². The molecule has 0 saturated carbocycles. The Hall–Kier alpha value is -2.56. The van der Waals surface area contributed by atoms with Crippen molar-refractivity contribution in [2.24, 2.45) is 0 Å². The van der Waals surface area contributed by atoms with Crippen LogP contribution in [0.25, 0.3) is 0 Å². The summed E-state index contributed by atoms with van der Waals surface area (Å²) in [6, 6.07) is 9.58. The lowest BCUT2D eigenvalue weighted by Gasteiger charge is -2.19. The van der Waals surface area contributed by atoms with Crippen molar-refractivity contribution >= 4 is 5.69 Å². The Kier molecular flexibility index (Phi) is 5.21. The summed E-state index contributed by atoms with van der Waals surface area (Å²) in [5.41, 5.74) is 8.89. The van der Waals surface area contributed by atoms with Crippen LogP contribution >= 0.6 is 0 Å². The average molecular weight is 317 g/mol. The largest absolute Gasteiger partial charge is 0.497 e. The van der Waals surface area contributed by atoms with Crippen LogP contribution in [0.4, 0.5) is 5.69 Å². The number of hydrogen-bond donors (Lipinski definition) is 1. The summed E-state index contributed by atoms with van der Waals surface area (Å²) in [6.45, 7) is 2.08. The molecule has 5 nitrogen and oxygen atoms in total. The molecule has 2 N–H and O–H groups in total. The maximum atomic E-state index is 6.17. The fraction of sp³-hybridized carbons (Fsp3) is 0.333. The second-order valence-electron chi connectivity index (χ2n) is 5.18. The minimum absolute atomic E-state index is 0.0645. The van der Waals surface area contributed by atoms with Crippen LogP contribution in [-0.2, 0) is 0 Å². The van der Waals surface area contributed by atoms with E-state index in [1.165, 1.54) is 0 Å². The van der Waals surface area contributed by atoms with Gasteiger partial charge in [-0.3, -0.25) is 0 Å². The van der Waals surface area contributed by atoms with E-state index in [1.807, 2.05) is 30.3 Å². The second-order valence-corrected chi connectivity index (χ2v) is 5.18. The molecule has 0 saturated heterocycles. The summed E-state index contributed by atoms with van der Waals surface area (Å²) in [4.78, 5) is 0. The Bertz CT molecular complexity index is 660. The van der Waals surface area contributed by atoms with Gasteiger partial charge in [0.2, 0.25) is 5.75 Å². The summed E-state index contributed by atoms with van der Waals surface area (Å²) in [6.07, 6.45) is 0. The highest BCUT2D eigenvalue weighted by Gasteiger charge is 2.19. The van der Waals surface area contributed by atoms with Crippen LogP contribution in [0.1, 0.15) is 24.0 Å². The molecule has 0 aliphatic carbocycles. The van der Waals surface area contributed by atoms with Crippen molar-refractivity contribution in [1.82, 2.24) is 0 Å². The maximum absolute atomic E-state index is 6.17. The Morgan fingerprint density at radius 3 is 1.87 bits per heavy atom. The van der Waals surface area contributed by atoms with E-state index >= 15 is 0 Å². The molecular formula is C18H23NO4. The van der Waals surface area contributed by atoms with Gasteiger partial charge in [0.1, 0.15) is 5.75 Å². The lowest BCUT2D eigenvalue weighted by Crippen LogP contribution is -2.03. The van der Waals surface area contributed by atoms with Crippen LogP contribution in [0.5, 0.6) is 23.0 Å². The predicted molar refractivity (Wildman–Crippen MR) is 91.0 cm³/mol. The minimum Gasteiger partial charge on any atom is -0.497 e. The van der Waals surface area contributed by atoms with Gasteiger partial charge in [-0.15, -0.1) is 0 Å². The first kappa shape index (κ1) is 16.8. The van der Waals surface area contributed by atoms with Gasteiger partial charge in [0.25, 0.3) is 0 Å².